The number of hydrogen-bond acceptors (Lipinski definition) is 3. The maximum Gasteiger partial charge on any atom is 0.129 e. The molecule has 0 aromatic carbocycles. The fraction of sp³-hybridized carbons (Fsp3) is 0.667. The van der Waals surface area contributed by atoms with Gasteiger partial charge in [0.2, 0.25) is 0 Å². The lowest BCUT2D eigenvalue weighted by Gasteiger charge is -2.26. The van der Waals surface area contributed by atoms with Gasteiger partial charge in [0.05, 0.1) is 0 Å². The zero-order valence-corrected chi connectivity index (χ0v) is 13.0. The van der Waals surface area contributed by atoms with Gasteiger partial charge in [-0.1, -0.05) is 13.8 Å². The molecule has 0 bridgehead atoms. The number of hydrogen-bond donors (Lipinski definition) is 0. The van der Waals surface area contributed by atoms with Crippen molar-refractivity contribution in [2.75, 3.05) is 31.1 Å². The van der Waals surface area contributed by atoms with Gasteiger partial charge in [0.15, 0.2) is 0 Å². The summed E-state index contributed by atoms with van der Waals surface area (Å²) in [7, 11) is 0. The number of aryl methyl sites for hydroxylation is 1. The highest BCUT2D eigenvalue weighted by atomic mass is 35.5. The van der Waals surface area contributed by atoms with Crippen molar-refractivity contribution < 1.29 is 0 Å². The highest BCUT2D eigenvalue weighted by molar-refractivity contribution is 6.17. The number of aromatic nitrogens is 1. The Bertz CT molecular complexity index is 418. The second-order valence-corrected chi connectivity index (χ2v) is 5.49. The maximum absolute atomic E-state index is 5.95. The van der Waals surface area contributed by atoms with Crippen LogP contribution in [0.2, 0.25) is 0 Å². The molecular weight excluding hydrogens is 258 g/mol. The lowest BCUT2D eigenvalue weighted by atomic mass is 10.2. The number of rotatable bonds is 5. The average molecular weight is 282 g/mol. The number of anilines is 1. The molecule has 4 heteroatoms. The lowest BCUT2D eigenvalue weighted by molar-refractivity contribution is 0.232. The van der Waals surface area contributed by atoms with Crippen molar-refractivity contribution in [3.8, 4) is 0 Å². The topological polar surface area (TPSA) is 19.4 Å². The van der Waals surface area contributed by atoms with Crippen LogP contribution < -0.4 is 4.90 Å². The third-order valence-electron chi connectivity index (χ3n) is 3.97. The fourth-order valence-corrected chi connectivity index (χ4v) is 3.10. The first kappa shape index (κ1) is 14.6. The van der Waals surface area contributed by atoms with Crippen LogP contribution in [0.5, 0.6) is 0 Å². The summed E-state index contributed by atoms with van der Waals surface area (Å²) in [5.74, 6) is 1.65. The molecule has 1 atom stereocenters. The van der Waals surface area contributed by atoms with Gasteiger partial charge in [-0.2, -0.15) is 0 Å². The minimum absolute atomic E-state index is 0.559. The van der Waals surface area contributed by atoms with Crippen LogP contribution in [-0.2, 0) is 5.88 Å². The minimum Gasteiger partial charge on any atom is -0.355 e. The molecule has 106 valence electrons. The third-order valence-corrected chi connectivity index (χ3v) is 4.28. The van der Waals surface area contributed by atoms with Crippen LogP contribution in [0, 0.1) is 6.92 Å². The average Bonchev–Trinajstić information content (AvgIpc) is 2.89. The summed E-state index contributed by atoms with van der Waals surface area (Å²) in [6.07, 6.45) is 1.23. The van der Waals surface area contributed by atoms with E-state index >= 15 is 0 Å². The Hall–Kier alpha value is -0.800. The number of halogens is 1. The van der Waals surface area contributed by atoms with Crippen molar-refractivity contribution in [2.24, 2.45) is 0 Å². The van der Waals surface area contributed by atoms with Gasteiger partial charge < -0.3 is 4.90 Å². The second kappa shape index (κ2) is 6.58. The summed E-state index contributed by atoms with van der Waals surface area (Å²) in [6, 6.07) is 4.86. The first-order valence-corrected chi connectivity index (χ1v) is 7.73. The molecule has 0 spiro atoms. The van der Waals surface area contributed by atoms with E-state index in [1.54, 1.807) is 0 Å². The van der Waals surface area contributed by atoms with Gasteiger partial charge >= 0.3 is 0 Å². The lowest BCUT2D eigenvalue weighted by Crippen LogP contribution is -2.37. The zero-order valence-electron chi connectivity index (χ0n) is 12.2. The van der Waals surface area contributed by atoms with Crippen LogP contribution in [0.3, 0.4) is 0 Å². The van der Waals surface area contributed by atoms with Crippen molar-refractivity contribution in [3.63, 3.8) is 0 Å². The number of alkyl halides is 1. The standard InChI is InChI=1S/C15H24ClN3/c1-4-18(5-2)14-6-7-19(11-14)15-9-13(10-16)8-12(3)17-15/h8-9,14H,4-7,10-11H2,1-3H3. The van der Waals surface area contributed by atoms with E-state index in [1.165, 1.54) is 6.42 Å². The molecule has 0 saturated carbocycles. The van der Waals surface area contributed by atoms with Crippen molar-refractivity contribution in [2.45, 2.75) is 39.1 Å². The second-order valence-electron chi connectivity index (χ2n) is 5.22. The molecule has 2 heterocycles. The summed E-state index contributed by atoms with van der Waals surface area (Å²) in [4.78, 5) is 9.59. The number of pyridine rings is 1. The molecule has 1 fully saturated rings. The smallest absolute Gasteiger partial charge is 0.129 e. The third kappa shape index (κ3) is 3.40. The molecule has 1 aliphatic heterocycles. The van der Waals surface area contributed by atoms with E-state index in [0.29, 0.717) is 11.9 Å². The molecule has 19 heavy (non-hydrogen) atoms. The summed E-state index contributed by atoms with van der Waals surface area (Å²) in [6.45, 7) is 11.0. The van der Waals surface area contributed by atoms with E-state index in [4.69, 9.17) is 11.6 Å². The SMILES string of the molecule is CCN(CC)C1CCN(c2cc(CCl)cc(C)n2)C1. The predicted molar refractivity (Wildman–Crippen MR) is 82.1 cm³/mol. The molecular formula is C15H24ClN3. The van der Waals surface area contributed by atoms with Crippen molar-refractivity contribution in [1.29, 1.82) is 0 Å². The van der Waals surface area contributed by atoms with E-state index < -0.39 is 0 Å². The van der Waals surface area contributed by atoms with Crippen LogP contribution in [0.15, 0.2) is 12.1 Å². The molecule has 1 saturated heterocycles. The van der Waals surface area contributed by atoms with Crippen LogP contribution in [0.1, 0.15) is 31.5 Å². The Morgan fingerprint density at radius 3 is 2.74 bits per heavy atom. The molecule has 0 radical (unpaired) electrons. The Morgan fingerprint density at radius 1 is 1.37 bits per heavy atom. The molecule has 1 aromatic rings. The van der Waals surface area contributed by atoms with Crippen molar-refractivity contribution >= 4 is 17.4 Å². The first-order valence-electron chi connectivity index (χ1n) is 7.20. The number of likely N-dealkylation sites (N-methyl/N-ethyl adjacent to an activating group) is 1. The first-order chi connectivity index (χ1) is 9.17. The molecule has 1 aliphatic rings. The molecule has 0 N–H and O–H groups in total. The van der Waals surface area contributed by atoms with Gasteiger partial charge in [-0.05, 0) is 44.1 Å². The fourth-order valence-electron chi connectivity index (χ4n) is 2.95. The van der Waals surface area contributed by atoms with Crippen LogP contribution >= 0.6 is 11.6 Å². The van der Waals surface area contributed by atoms with E-state index in [9.17, 15) is 0 Å². The van der Waals surface area contributed by atoms with Crippen molar-refractivity contribution in [3.05, 3.63) is 23.4 Å². The Balaban J connectivity index is 2.10. The van der Waals surface area contributed by atoms with E-state index in [-0.39, 0.29) is 0 Å². The Labute approximate surface area is 121 Å². The van der Waals surface area contributed by atoms with Gasteiger partial charge in [0.1, 0.15) is 5.82 Å². The number of nitrogens with zero attached hydrogens (tertiary/aromatic N) is 3. The maximum atomic E-state index is 5.95. The zero-order chi connectivity index (χ0) is 13.8. The predicted octanol–water partition coefficient (Wildman–Crippen LogP) is 3.05. The molecule has 1 aromatic heterocycles. The summed E-state index contributed by atoms with van der Waals surface area (Å²) < 4.78 is 0. The highest BCUT2D eigenvalue weighted by Gasteiger charge is 2.27. The van der Waals surface area contributed by atoms with Gasteiger partial charge in [0, 0.05) is 30.7 Å². The monoisotopic (exact) mass is 281 g/mol. The molecule has 1 unspecified atom stereocenters. The van der Waals surface area contributed by atoms with Gasteiger partial charge in [-0.3, -0.25) is 4.90 Å². The van der Waals surface area contributed by atoms with Crippen LogP contribution in [0.4, 0.5) is 5.82 Å². The highest BCUT2D eigenvalue weighted by Crippen LogP contribution is 2.23. The van der Waals surface area contributed by atoms with Gasteiger partial charge in [0.25, 0.3) is 0 Å². The minimum atomic E-state index is 0.559. The van der Waals surface area contributed by atoms with E-state index in [2.05, 4.69) is 40.8 Å². The quantitative estimate of drug-likeness (QED) is 0.774. The van der Waals surface area contributed by atoms with Crippen LogP contribution in [0.25, 0.3) is 0 Å². The van der Waals surface area contributed by atoms with Crippen molar-refractivity contribution in [1.82, 2.24) is 9.88 Å². The molecule has 0 amide bonds. The van der Waals surface area contributed by atoms with E-state index in [0.717, 1.165) is 43.3 Å². The largest absolute Gasteiger partial charge is 0.355 e. The van der Waals surface area contributed by atoms with Crippen LogP contribution in [-0.4, -0.2) is 42.1 Å². The summed E-state index contributed by atoms with van der Waals surface area (Å²) in [5.41, 5.74) is 2.22. The molecule has 0 aliphatic carbocycles. The Kier molecular flexibility index (Phi) is 5.06. The van der Waals surface area contributed by atoms with Gasteiger partial charge in [-0.15, -0.1) is 11.6 Å². The normalized spacial score (nSPS) is 19.4. The molecule has 3 nitrogen and oxygen atoms in total. The molecule has 2 rings (SSSR count). The summed E-state index contributed by atoms with van der Waals surface area (Å²) in [5, 5.41) is 0. The Morgan fingerprint density at radius 2 is 2.11 bits per heavy atom. The van der Waals surface area contributed by atoms with Gasteiger partial charge in [-0.25, -0.2) is 4.98 Å². The summed E-state index contributed by atoms with van der Waals surface area (Å²) >= 11 is 5.95. The van der Waals surface area contributed by atoms with E-state index in [1.807, 2.05) is 6.92 Å².